The van der Waals surface area contributed by atoms with Crippen molar-refractivity contribution in [3.05, 3.63) is 36.2 Å². The largest absolute Gasteiger partial charge is 0.378 e. The molecular formula is C15H19N5O. The van der Waals surface area contributed by atoms with E-state index in [0.29, 0.717) is 5.69 Å². The van der Waals surface area contributed by atoms with Crippen LogP contribution in [0.1, 0.15) is 16.9 Å². The fourth-order valence-corrected chi connectivity index (χ4v) is 2.34. The molecule has 0 atom stereocenters. The van der Waals surface area contributed by atoms with E-state index in [1.54, 1.807) is 6.20 Å². The van der Waals surface area contributed by atoms with E-state index in [1.165, 1.54) is 0 Å². The lowest BCUT2D eigenvalue weighted by molar-refractivity contribution is 0.102. The van der Waals surface area contributed by atoms with Gasteiger partial charge < -0.3 is 20.1 Å². The molecule has 0 unspecified atom stereocenters. The van der Waals surface area contributed by atoms with E-state index < -0.39 is 0 Å². The number of hydrogen-bond acceptors (Lipinski definition) is 4. The van der Waals surface area contributed by atoms with Gasteiger partial charge in [-0.25, -0.2) is 4.98 Å². The summed E-state index contributed by atoms with van der Waals surface area (Å²) in [5.74, 6) is 0.586. The molecule has 21 heavy (non-hydrogen) atoms. The number of carbonyl (C=O) groups excluding carboxylic acids is 1. The van der Waals surface area contributed by atoms with Crippen LogP contribution in [-0.4, -0.2) is 36.1 Å². The van der Waals surface area contributed by atoms with Crippen molar-refractivity contribution in [3.8, 4) is 0 Å². The van der Waals surface area contributed by atoms with Gasteiger partial charge in [0, 0.05) is 44.8 Å². The molecule has 6 nitrogen and oxygen atoms in total. The van der Waals surface area contributed by atoms with Crippen LogP contribution in [0.3, 0.4) is 0 Å². The molecule has 1 aromatic carbocycles. The topological polar surface area (TPSA) is 62.2 Å². The third-order valence-electron chi connectivity index (χ3n) is 3.49. The molecule has 0 fully saturated rings. The molecule has 0 saturated carbocycles. The van der Waals surface area contributed by atoms with E-state index in [4.69, 9.17) is 0 Å². The molecule has 3 rings (SSSR count). The lowest BCUT2D eigenvalue weighted by Crippen LogP contribution is -2.16. The average molecular weight is 285 g/mol. The maximum Gasteiger partial charge on any atom is 0.275 e. The van der Waals surface area contributed by atoms with E-state index in [-0.39, 0.29) is 5.91 Å². The van der Waals surface area contributed by atoms with Crippen molar-refractivity contribution in [3.63, 3.8) is 0 Å². The Balaban J connectivity index is 1.77. The van der Waals surface area contributed by atoms with Gasteiger partial charge in [0.2, 0.25) is 5.95 Å². The molecule has 0 saturated heterocycles. The van der Waals surface area contributed by atoms with Gasteiger partial charge in [-0.05, 0) is 24.6 Å². The summed E-state index contributed by atoms with van der Waals surface area (Å²) in [6.07, 6.45) is 2.85. The molecule has 2 aromatic rings. The number of aryl methyl sites for hydroxylation is 1. The van der Waals surface area contributed by atoms with Crippen LogP contribution < -0.4 is 15.5 Å². The van der Waals surface area contributed by atoms with Crippen molar-refractivity contribution in [1.82, 2.24) is 9.55 Å². The Bertz CT molecular complexity index is 638. The summed E-state index contributed by atoms with van der Waals surface area (Å²) >= 11 is 0. The quantitative estimate of drug-likeness (QED) is 0.905. The van der Waals surface area contributed by atoms with Gasteiger partial charge in [-0.15, -0.1) is 0 Å². The van der Waals surface area contributed by atoms with E-state index in [1.807, 2.05) is 47.8 Å². The third kappa shape index (κ3) is 2.84. The number of aromatic nitrogens is 2. The second-order valence-electron chi connectivity index (χ2n) is 5.32. The first-order valence-electron chi connectivity index (χ1n) is 7.03. The Morgan fingerprint density at radius 2 is 2.29 bits per heavy atom. The van der Waals surface area contributed by atoms with E-state index in [0.717, 1.165) is 36.8 Å². The zero-order valence-electron chi connectivity index (χ0n) is 12.3. The lowest BCUT2D eigenvalue weighted by atomic mass is 10.2. The molecule has 110 valence electrons. The average Bonchev–Trinajstić information content (AvgIpc) is 2.91. The number of anilines is 3. The van der Waals surface area contributed by atoms with E-state index >= 15 is 0 Å². The standard InChI is InChI=1S/C15H19N5O/c1-19(2)12-6-3-5-11(9-12)17-14(21)13-10-20-8-4-7-16-15(20)18-13/h3,5-6,9-10H,4,7-8H2,1-2H3,(H,16,18)(H,17,21). The van der Waals surface area contributed by atoms with Crippen LogP contribution in [0.5, 0.6) is 0 Å². The molecular weight excluding hydrogens is 266 g/mol. The first-order valence-corrected chi connectivity index (χ1v) is 7.03. The van der Waals surface area contributed by atoms with E-state index in [9.17, 15) is 4.79 Å². The van der Waals surface area contributed by atoms with Crippen LogP contribution in [0.25, 0.3) is 0 Å². The highest BCUT2D eigenvalue weighted by Crippen LogP contribution is 2.19. The minimum atomic E-state index is -0.186. The molecule has 1 aliphatic heterocycles. The molecule has 1 aliphatic rings. The molecule has 0 aliphatic carbocycles. The molecule has 1 aromatic heterocycles. The highest BCUT2D eigenvalue weighted by Gasteiger charge is 2.16. The first kappa shape index (κ1) is 13.5. The Morgan fingerprint density at radius 1 is 1.43 bits per heavy atom. The summed E-state index contributed by atoms with van der Waals surface area (Å²) in [5, 5.41) is 6.08. The summed E-state index contributed by atoms with van der Waals surface area (Å²) < 4.78 is 1.98. The van der Waals surface area contributed by atoms with Gasteiger partial charge in [0.1, 0.15) is 5.69 Å². The number of rotatable bonds is 3. The monoisotopic (exact) mass is 285 g/mol. The number of amides is 1. The Hall–Kier alpha value is -2.50. The number of benzene rings is 1. The van der Waals surface area contributed by atoms with Crippen molar-refractivity contribution < 1.29 is 4.79 Å². The molecule has 2 heterocycles. The molecule has 1 amide bonds. The summed E-state index contributed by atoms with van der Waals surface area (Å²) in [7, 11) is 3.94. The van der Waals surface area contributed by atoms with Gasteiger partial charge in [-0.2, -0.15) is 0 Å². The minimum Gasteiger partial charge on any atom is -0.378 e. The van der Waals surface area contributed by atoms with Gasteiger partial charge >= 0.3 is 0 Å². The first-order chi connectivity index (χ1) is 10.1. The highest BCUT2D eigenvalue weighted by molar-refractivity contribution is 6.03. The smallest absolute Gasteiger partial charge is 0.275 e. The number of imidazole rings is 1. The summed E-state index contributed by atoms with van der Waals surface area (Å²) in [6, 6.07) is 7.73. The SMILES string of the molecule is CN(C)c1cccc(NC(=O)c2cn3c(n2)NCCC3)c1. The Morgan fingerprint density at radius 3 is 3.05 bits per heavy atom. The van der Waals surface area contributed by atoms with E-state index in [2.05, 4.69) is 15.6 Å². The molecule has 6 heteroatoms. The zero-order chi connectivity index (χ0) is 14.8. The summed E-state index contributed by atoms with van der Waals surface area (Å²) in [5.41, 5.74) is 2.25. The van der Waals surface area contributed by atoms with Gasteiger partial charge in [0.15, 0.2) is 0 Å². The normalized spacial score (nSPS) is 13.2. The highest BCUT2D eigenvalue weighted by atomic mass is 16.1. The lowest BCUT2D eigenvalue weighted by Gasteiger charge is -2.14. The van der Waals surface area contributed by atoms with Gasteiger partial charge in [0.05, 0.1) is 0 Å². The van der Waals surface area contributed by atoms with Gasteiger partial charge in [0.25, 0.3) is 5.91 Å². The van der Waals surface area contributed by atoms with Gasteiger partial charge in [-0.3, -0.25) is 4.79 Å². The molecule has 0 radical (unpaired) electrons. The number of carbonyl (C=O) groups is 1. The number of nitrogens with zero attached hydrogens (tertiary/aromatic N) is 3. The van der Waals surface area contributed by atoms with Crippen LogP contribution in [-0.2, 0) is 6.54 Å². The molecule has 0 bridgehead atoms. The summed E-state index contributed by atoms with van der Waals surface area (Å²) in [6.45, 7) is 1.81. The van der Waals surface area contributed by atoms with Gasteiger partial charge in [-0.1, -0.05) is 6.07 Å². The maximum atomic E-state index is 12.3. The fourth-order valence-electron chi connectivity index (χ4n) is 2.34. The van der Waals surface area contributed by atoms with Crippen LogP contribution in [0.15, 0.2) is 30.5 Å². The Kier molecular flexibility index (Phi) is 3.51. The fraction of sp³-hybridized carbons (Fsp3) is 0.333. The van der Waals surface area contributed by atoms with Crippen molar-refractivity contribution in [2.75, 3.05) is 36.2 Å². The van der Waals surface area contributed by atoms with Crippen molar-refractivity contribution in [1.29, 1.82) is 0 Å². The predicted octanol–water partition coefficient (Wildman–Crippen LogP) is 2.02. The number of nitrogens with one attached hydrogen (secondary N) is 2. The predicted molar refractivity (Wildman–Crippen MR) is 84.1 cm³/mol. The van der Waals surface area contributed by atoms with Crippen LogP contribution >= 0.6 is 0 Å². The second-order valence-corrected chi connectivity index (χ2v) is 5.32. The van der Waals surface area contributed by atoms with Crippen LogP contribution in [0.2, 0.25) is 0 Å². The van der Waals surface area contributed by atoms with Crippen molar-refractivity contribution >= 4 is 23.2 Å². The van der Waals surface area contributed by atoms with Crippen molar-refractivity contribution in [2.24, 2.45) is 0 Å². The third-order valence-corrected chi connectivity index (χ3v) is 3.49. The maximum absolute atomic E-state index is 12.3. The summed E-state index contributed by atoms with van der Waals surface area (Å²) in [4.78, 5) is 18.6. The molecule has 2 N–H and O–H groups in total. The second kappa shape index (κ2) is 5.47. The molecule has 0 spiro atoms. The number of fused-ring (bicyclic) bond motifs is 1. The van der Waals surface area contributed by atoms with Crippen LogP contribution in [0, 0.1) is 0 Å². The number of hydrogen-bond donors (Lipinski definition) is 2. The Labute approximate surface area is 123 Å². The minimum absolute atomic E-state index is 0.186. The van der Waals surface area contributed by atoms with Crippen LogP contribution in [0.4, 0.5) is 17.3 Å². The van der Waals surface area contributed by atoms with Crippen molar-refractivity contribution in [2.45, 2.75) is 13.0 Å². The zero-order valence-corrected chi connectivity index (χ0v) is 12.3.